The van der Waals surface area contributed by atoms with Gasteiger partial charge in [0.05, 0.1) is 6.21 Å². The Bertz CT molecular complexity index is 383. The van der Waals surface area contributed by atoms with Crippen LogP contribution < -0.4 is 4.74 Å². The minimum absolute atomic E-state index is 0.441. The zero-order valence-corrected chi connectivity index (χ0v) is 9.03. The van der Waals surface area contributed by atoms with E-state index in [2.05, 4.69) is 11.7 Å². The van der Waals surface area contributed by atoms with Crippen molar-refractivity contribution in [2.75, 3.05) is 6.61 Å². The number of benzene rings is 1. The van der Waals surface area contributed by atoms with Crippen LogP contribution in [0.4, 0.5) is 0 Å². The van der Waals surface area contributed by atoms with Crippen LogP contribution in [0.15, 0.2) is 29.9 Å². The largest absolute Gasteiger partial charge is 0.489 e. The maximum absolute atomic E-state index is 8.58. The summed E-state index contributed by atoms with van der Waals surface area (Å²) in [7, 11) is 0. The predicted octanol–water partition coefficient (Wildman–Crippen LogP) is 2.68. The van der Waals surface area contributed by atoms with E-state index in [9.17, 15) is 0 Å². The molecule has 3 nitrogen and oxygen atoms in total. The molecule has 0 atom stereocenters. The number of nitrogens with zero attached hydrogens (tertiary/aromatic N) is 1. The summed E-state index contributed by atoms with van der Waals surface area (Å²) in [5, 5.41) is 11.6. The van der Waals surface area contributed by atoms with E-state index in [1.807, 2.05) is 26.0 Å². The molecule has 0 spiro atoms. The van der Waals surface area contributed by atoms with E-state index in [-0.39, 0.29) is 0 Å². The van der Waals surface area contributed by atoms with Crippen LogP contribution >= 0.6 is 0 Å². The molecule has 1 N–H and O–H groups in total. The molecule has 0 saturated heterocycles. The quantitative estimate of drug-likeness (QED) is 0.355. The van der Waals surface area contributed by atoms with Crippen LogP contribution in [0.2, 0.25) is 0 Å². The molecule has 0 aromatic heterocycles. The maximum atomic E-state index is 8.58. The minimum atomic E-state index is 0.441. The first-order valence-corrected chi connectivity index (χ1v) is 4.72. The second kappa shape index (κ2) is 5.20. The molecular weight excluding hydrogens is 190 g/mol. The van der Waals surface area contributed by atoms with Crippen molar-refractivity contribution < 1.29 is 9.94 Å². The summed E-state index contributed by atoms with van der Waals surface area (Å²) in [4.78, 5) is 0. The first-order valence-electron chi connectivity index (χ1n) is 4.72. The number of hydrogen-bond acceptors (Lipinski definition) is 3. The van der Waals surface area contributed by atoms with Crippen molar-refractivity contribution in [2.45, 2.75) is 13.8 Å². The first kappa shape index (κ1) is 11.3. The van der Waals surface area contributed by atoms with Crippen LogP contribution in [0.25, 0.3) is 0 Å². The summed E-state index contributed by atoms with van der Waals surface area (Å²) in [6.45, 7) is 7.93. The number of hydrogen-bond donors (Lipinski definition) is 1. The van der Waals surface area contributed by atoms with Crippen LogP contribution in [0, 0.1) is 13.8 Å². The van der Waals surface area contributed by atoms with Gasteiger partial charge in [0.2, 0.25) is 0 Å². The molecule has 1 aromatic carbocycles. The second-order valence-electron chi connectivity index (χ2n) is 3.29. The molecule has 0 fully saturated rings. The highest BCUT2D eigenvalue weighted by Crippen LogP contribution is 2.25. The third kappa shape index (κ3) is 2.59. The Morgan fingerprint density at radius 3 is 2.67 bits per heavy atom. The lowest BCUT2D eigenvalue weighted by Gasteiger charge is -2.12. The fourth-order valence-electron chi connectivity index (χ4n) is 1.36. The molecule has 0 aliphatic heterocycles. The highest BCUT2D eigenvalue weighted by molar-refractivity contribution is 5.85. The molecule has 0 amide bonds. The summed E-state index contributed by atoms with van der Waals surface area (Å²) < 4.78 is 5.53. The van der Waals surface area contributed by atoms with Crippen molar-refractivity contribution in [1.82, 2.24) is 0 Å². The van der Waals surface area contributed by atoms with Crippen LogP contribution in [0.1, 0.15) is 16.7 Å². The van der Waals surface area contributed by atoms with Crippen LogP contribution in [0.3, 0.4) is 0 Å². The fourth-order valence-corrected chi connectivity index (χ4v) is 1.36. The summed E-state index contributed by atoms with van der Waals surface area (Å²) in [5.74, 6) is 0.743. The van der Waals surface area contributed by atoms with Crippen molar-refractivity contribution in [2.24, 2.45) is 5.16 Å². The highest BCUT2D eigenvalue weighted by atomic mass is 16.5. The Hall–Kier alpha value is -1.77. The summed E-state index contributed by atoms with van der Waals surface area (Å²) in [6, 6.07) is 3.94. The minimum Gasteiger partial charge on any atom is -0.489 e. The molecule has 3 heteroatoms. The van der Waals surface area contributed by atoms with Gasteiger partial charge in [0, 0.05) is 5.56 Å². The van der Waals surface area contributed by atoms with Gasteiger partial charge in [-0.05, 0) is 25.0 Å². The van der Waals surface area contributed by atoms with Gasteiger partial charge in [-0.15, -0.1) is 0 Å². The smallest absolute Gasteiger partial charge is 0.131 e. The highest BCUT2D eigenvalue weighted by Gasteiger charge is 2.08. The van der Waals surface area contributed by atoms with Crippen LogP contribution in [-0.4, -0.2) is 18.0 Å². The Kier molecular flexibility index (Phi) is 3.92. The average molecular weight is 205 g/mol. The molecular formula is C12H15NO2. The van der Waals surface area contributed by atoms with Crippen LogP contribution in [-0.2, 0) is 0 Å². The lowest BCUT2D eigenvalue weighted by atomic mass is 10.0. The van der Waals surface area contributed by atoms with E-state index >= 15 is 0 Å². The van der Waals surface area contributed by atoms with Crippen molar-refractivity contribution >= 4 is 6.21 Å². The molecule has 80 valence electrons. The standard InChI is InChI=1S/C12H15NO2/c1-4-7-15-12-10(3)6-5-9(2)11(12)8-13-14/h4-6,8,14H,1,7H2,2-3H3/b13-8+. The van der Waals surface area contributed by atoms with Gasteiger partial charge in [0.25, 0.3) is 0 Å². The Morgan fingerprint density at radius 2 is 2.07 bits per heavy atom. The van der Waals surface area contributed by atoms with E-state index in [0.717, 1.165) is 22.4 Å². The molecule has 0 aliphatic rings. The zero-order valence-electron chi connectivity index (χ0n) is 9.03. The lowest BCUT2D eigenvalue weighted by molar-refractivity contribution is 0.321. The number of oxime groups is 1. The van der Waals surface area contributed by atoms with Crippen molar-refractivity contribution in [3.8, 4) is 5.75 Å². The lowest BCUT2D eigenvalue weighted by Crippen LogP contribution is -2.01. The number of rotatable bonds is 4. The molecule has 0 aliphatic carbocycles. The molecule has 15 heavy (non-hydrogen) atoms. The number of ether oxygens (including phenoxy) is 1. The van der Waals surface area contributed by atoms with Crippen LogP contribution in [0.5, 0.6) is 5.75 Å². The molecule has 0 unspecified atom stereocenters. The van der Waals surface area contributed by atoms with E-state index in [0.29, 0.717) is 6.61 Å². The van der Waals surface area contributed by atoms with Gasteiger partial charge in [-0.25, -0.2) is 0 Å². The SMILES string of the molecule is C=CCOc1c(C)ccc(C)c1/C=N/O. The van der Waals surface area contributed by atoms with Crippen molar-refractivity contribution in [3.63, 3.8) is 0 Å². The third-order valence-corrected chi connectivity index (χ3v) is 2.14. The third-order valence-electron chi connectivity index (χ3n) is 2.14. The van der Waals surface area contributed by atoms with Gasteiger partial charge in [-0.3, -0.25) is 0 Å². The second-order valence-corrected chi connectivity index (χ2v) is 3.29. The van der Waals surface area contributed by atoms with E-state index in [4.69, 9.17) is 9.94 Å². The maximum Gasteiger partial charge on any atom is 0.131 e. The molecule has 0 radical (unpaired) electrons. The Labute approximate surface area is 89.7 Å². The van der Waals surface area contributed by atoms with E-state index < -0.39 is 0 Å². The molecule has 0 bridgehead atoms. The molecule has 0 heterocycles. The fraction of sp³-hybridized carbons (Fsp3) is 0.250. The molecule has 1 aromatic rings. The zero-order chi connectivity index (χ0) is 11.3. The van der Waals surface area contributed by atoms with Gasteiger partial charge in [-0.2, -0.15) is 0 Å². The monoisotopic (exact) mass is 205 g/mol. The number of aryl methyl sites for hydroxylation is 2. The van der Waals surface area contributed by atoms with Gasteiger partial charge in [0.15, 0.2) is 0 Å². The predicted molar refractivity (Wildman–Crippen MR) is 61.0 cm³/mol. The Morgan fingerprint density at radius 1 is 1.40 bits per heavy atom. The topological polar surface area (TPSA) is 41.8 Å². The first-order chi connectivity index (χ1) is 7.20. The Balaban J connectivity index is 3.18. The molecule has 0 saturated carbocycles. The van der Waals surface area contributed by atoms with Gasteiger partial charge >= 0.3 is 0 Å². The summed E-state index contributed by atoms with van der Waals surface area (Å²) in [5.41, 5.74) is 2.83. The van der Waals surface area contributed by atoms with Gasteiger partial charge < -0.3 is 9.94 Å². The van der Waals surface area contributed by atoms with E-state index in [1.54, 1.807) is 6.08 Å². The van der Waals surface area contributed by atoms with Crippen molar-refractivity contribution in [3.05, 3.63) is 41.5 Å². The summed E-state index contributed by atoms with van der Waals surface area (Å²) >= 11 is 0. The van der Waals surface area contributed by atoms with Gasteiger partial charge in [-0.1, -0.05) is 29.9 Å². The normalized spacial score (nSPS) is 10.5. The van der Waals surface area contributed by atoms with E-state index in [1.165, 1.54) is 6.21 Å². The molecule has 1 rings (SSSR count). The average Bonchev–Trinajstić information content (AvgIpc) is 2.23. The van der Waals surface area contributed by atoms with Gasteiger partial charge in [0.1, 0.15) is 12.4 Å². The van der Waals surface area contributed by atoms with Crippen molar-refractivity contribution in [1.29, 1.82) is 0 Å². The summed E-state index contributed by atoms with van der Waals surface area (Å²) in [6.07, 6.45) is 3.07.